The smallest absolute Gasteiger partial charge is 0.263 e. The van der Waals surface area contributed by atoms with E-state index in [4.69, 9.17) is 0 Å². The lowest BCUT2D eigenvalue weighted by atomic mass is 10.0. The lowest BCUT2D eigenvalue weighted by Gasteiger charge is -2.22. The number of hydrogen-bond acceptors (Lipinski definition) is 1. The third-order valence-corrected chi connectivity index (χ3v) is 2.15. The van der Waals surface area contributed by atoms with E-state index >= 15 is 0 Å². The predicted octanol–water partition coefficient (Wildman–Crippen LogP) is 2.17. The van der Waals surface area contributed by atoms with Gasteiger partial charge in [-0.15, -0.1) is 0 Å². The second-order valence-corrected chi connectivity index (χ2v) is 3.16. The van der Waals surface area contributed by atoms with Crippen LogP contribution in [0.2, 0.25) is 0 Å². The van der Waals surface area contributed by atoms with E-state index in [2.05, 4.69) is 5.32 Å². The summed E-state index contributed by atoms with van der Waals surface area (Å²) in [5, 5.41) is 2.83. The van der Waals surface area contributed by atoms with Crippen molar-refractivity contribution < 1.29 is 8.78 Å². The lowest BCUT2D eigenvalue weighted by molar-refractivity contribution is -0.0395. The van der Waals surface area contributed by atoms with Gasteiger partial charge in [-0.3, -0.25) is 0 Å². The first-order chi connectivity index (χ1) is 5.17. The van der Waals surface area contributed by atoms with Gasteiger partial charge in [0.15, 0.2) is 0 Å². The van der Waals surface area contributed by atoms with Gasteiger partial charge in [-0.05, 0) is 19.4 Å². The van der Waals surface area contributed by atoms with Crippen LogP contribution in [0, 0.1) is 0 Å². The fourth-order valence-electron chi connectivity index (χ4n) is 1.55. The van der Waals surface area contributed by atoms with E-state index in [0.717, 1.165) is 13.0 Å². The van der Waals surface area contributed by atoms with Gasteiger partial charge in [-0.25, -0.2) is 8.78 Å². The summed E-state index contributed by atoms with van der Waals surface area (Å²) < 4.78 is 26.1. The number of halogens is 2. The van der Waals surface area contributed by atoms with Crippen molar-refractivity contribution in [2.24, 2.45) is 0 Å². The van der Waals surface area contributed by atoms with E-state index in [1.807, 2.05) is 0 Å². The topological polar surface area (TPSA) is 12.0 Å². The van der Waals surface area contributed by atoms with Crippen LogP contribution in [0.3, 0.4) is 0 Å². The number of rotatable bonds is 3. The molecule has 0 amide bonds. The summed E-state index contributed by atoms with van der Waals surface area (Å²) in [6.07, 6.45) is 2.10. The molecule has 1 nitrogen and oxygen atoms in total. The van der Waals surface area contributed by atoms with Gasteiger partial charge in [0.1, 0.15) is 0 Å². The maximum Gasteiger partial charge on any atom is 0.263 e. The molecular weight excluding hydrogens is 148 g/mol. The van der Waals surface area contributed by atoms with Gasteiger partial charge in [0.2, 0.25) is 0 Å². The van der Waals surface area contributed by atoms with Crippen molar-refractivity contribution in [3.8, 4) is 0 Å². The largest absolute Gasteiger partial charge is 0.309 e. The van der Waals surface area contributed by atoms with E-state index in [9.17, 15) is 8.78 Å². The Kier molecular flexibility index (Phi) is 2.82. The molecule has 0 radical (unpaired) electrons. The van der Waals surface area contributed by atoms with Crippen LogP contribution in [0.1, 0.15) is 32.6 Å². The van der Waals surface area contributed by atoms with Gasteiger partial charge in [0.25, 0.3) is 5.92 Å². The van der Waals surface area contributed by atoms with Gasteiger partial charge < -0.3 is 5.32 Å². The van der Waals surface area contributed by atoms with Crippen LogP contribution in [-0.4, -0.2) is 18.5 Å². The summed E-state index contributed by atoms with van der Waals surface area (Å²) in [7, 11) is 0. The van der Waals surface area contributed by atoms with Gasteiger partial charge in [-0.1, -0.05) is 13.3 Å². The highest BCUT2D eigenvalue weighted by molar-refractivity contribution is 4.86. The molecule has 1 N–H and O–H groups in total. The minimum absolute atomic E-state index is 0.0185. The van der Waals surface area contributed by atoms with Crippen molar-refractivity contribution in [1.82, 2.24) is 5.32 Å². The highest BCUT2D eigenvalue weighted by Gasteiger charge is 2.39. The molecule has 1 saturated heterocycles. The van der Waals surface area contributed by atoms with Crippen LogP contribution >= 0.6 is 0 Å². The van der Waals surface area contributed by atoms with Gasteiger partial charge in [0, 0.05) is 6.42 Å². The second-order valence-electron chi connectivity index (χ2n) is 3.16. The van der Waals surface area contributed by atoms with Crippen molar-refractivity contribution in [1.29, 1.82) is 0 Å². The average Bonchev–Trinajstić information content (AvgIpc) is 2.37. The molecule has 0 bridgehead atoms. The quantitative estimate of drug-likeness (QED) is 0.672. The molecule has 0 aromatic rings. The molecule has 1 aliphatic rings. The third kappa shape index (κ3) is 2.12. The monoisotopic (exact) mass is 163 g/mol. The highest BCUT2D eigenvalue weighted by Crippen LogP contribution is 2.29. The van der Waals surface area contributed by atoms with E-state index in [-0.39, 0.29) is 6.42 Å². The zero-order valence-electron chi connectivity index (χ0n) is 6.87. The van der Waals surface area contributed by atoms with Crippen LogP contribution in [0.25, 0.3) is 0 Å². The molecule has 1 rings (SSSR count). The van der Waals surface area contributed by atoms with Crippen LogP contribution in [0.15, 0.2) is 0 Å². The summed E-state index contributed by atoms with van der Waals surface area (Å²) in [4.78, 5) is 0. The minimum atomic E-state index is -2.48. The standard InChI is InChI=1S/C8H15F2N/c1-2-5-8(9,10)7-4-3-6-11-7/h7,11H,2-6H2,1H3. The maximum absolute atomic E-state index is 13.1. The summed E-state index contributed by atoms with van der Waals surface area (Å²) in [5.41, 5.74) is 0. The van der Waals surface area contributed by atoms with Gasteiger partial charge >= 0.3 is 0 Å². The van der Waals surface area contributed by atoms with Crippen LogP contribution in [0.5, 0.6) is 0 Å². The van der Waals surface area contributed by atoms with Crippen LogP contribution in [0.4, 0.5) is 8.78 Å². The fraction of sp³-hybridized carbons (Fsp3) is 1.00. The van der Waals surface area contributed by atoms with Gasteiger partial charge in [0.05, 0.1) is 6.04 Å². The Bertz CT molecular complexity index is 119. The third-order valence-electron chi connectivity index (χ3n) is 2.15. The van der Waals surface area contributed by atoms with E-state index in [1.165, 1.54) is 0 Å². The molecule has 1 unspecified atom stereocenters. The minimum Gasteiger partial charge on any atom is -0.309 e. The Hall–Kier alpha value is -0.180. The molecule has 1 atom stereocenters. The van der Waals surface area contributed by atoms with E-state index in [0.29, 0.717) is 12.8 Å². The van der Waals surface area contributed by atoms with Crippen molar-refractivity contribution in [3.63, 3.8) is 0 Å². The molecule has 66 valence electrons. The van der Waals surface area contributed by atoms with Crippen LogP contribution < -0.4 is 5.32 Å². The molecule has 0 aliphatic carbocycles. The first-order valence-corrected chi connectivity index (χ1v) is 4.28. The number of hydrogen-bond donors (Lipinski definition) is 1. The first-order valence-electron chi connectivity index (χ1n) is 4.28. The number of nitrogens with one attached hydrogen (secondary N) is 1. The summed E-state index contributed by atoms with van der Waals surface area (Å²) >= 11 is 0. The Labute approximate surface area is 66.2 Å². The molecule has 1 aliphatic heterocycles. The molecular formula is C8H15F2N. The average molecular weight is 163 g/mol. The van der Waals surface area contributed by atoms with E-state index in [1.54, 1.807) is 6.92 Å². The highest BCUT2D eigenvalue weighted by atomic mass is 19.3. The fourth-order valence-corrected chi connectivity index (χ4v) is 1.55. The molecule has 0 aromatic heterocycles. The summed E-state index contributed by atoms with van der Waals surface area (Å²) in [6, 6.07) is -0.553. The summed E-state index contributed by atoms with van der Waals surface area (Å²) in [6.45, 7) is 2.55. The molecule has 0 aromatic carbocycles. The van der Waals surface area contributed by atoms with Gasteiger partial charge in [-0.2, -0.15) is 0 Å². The van der Waals surface area contributed by atoms with Crippen molar-refractivity contribution in [3.05, 3.63) is 0 Å². The predicted molar refractivity (Wildman–Crippen MR) is 40.9 cm³/mol. The SMILES string of the molecule is CCCC(F)(F)C1CCCN1. The number of alkyl halides is 2. The maximum atomic E-state index is 13.1. The zero-order valence-corrected chi connectivity index (χ0v) is 6.87. The molecule has 1 heterocycles. The molecule has 11 heavy (non-hydrogen) atoms. The lowest BCUT2D eigenvalue weighted by Crippen LogP contribution is -2.40. The molecule has 0 spiro atoms. The first kappa shape index (κ1) is 8.91. The molecule has 0 saturated carbocycles. The van der Waals surface area contributed by atoms with Crippen molar-refractivity contribution in [2.75, 3.05) is 6.54 Å². The van der Waals surface area contributed by atoms with Crippen molar-refractivity contribution in [2.45, 2.75) is 44.6 Å². The normalized spacial score (nSPS) is 25.9. The second kappa shape index (κ2) is 3.48. The summed E-state index contributed by atoms with van der Waals surface area (Å²) in [5.74, 6) is -2.48. The molecule has 3 heteroatoms. The van der Waals surface area contributed by atoms with E-state index < -0.39 is 12.0 Å². The Morgan fingerprint density at radius 1 is 1.55 bits per heavy atom. The Morgan fingerprint density at radius 2 is 2.27 bits per heavy atom. The zero-order chi connectivity index (χ0) is 8.32. The van der Waals surface area contributed by atoms with Crippen molar-refractivity contribution >= 4 is 0 Å². The Balaban J connectivity index is 2.41. The Morgan fingerprint density at radius 3 is 2.73 bits per heavy atom. The van der Waals surface area contributed by atoms with Crippen LogP contribution in [-0.2, 0) is 0 Å². The molecule has 1 fully saturated rings.